The van der Waals surface area contributed by atoms with Gasteiger partial charge in [0, 0.05) is 44.8 Å². The van der Waals surface area contributed by atoms with E-state index in [0.717, 1.165) is 24.2 Å². The van der Waals surface area contributed by atoms with E-state index >= 15 is 0 Å². The minimum Gasteiger partial charge on any atom is -0.334 e. The third-order valence-corrected chi connectivity index (χ3v) is 6.27. The number of hydrogen-bond acceptors (Lipinski definition) is 5. The van der Waals surface area contributed by atoms with E-state index in [1.165, 1.54) is 17.2 Å². The van der Waals surface area contributed by atoms with Crippen LogP contribution in [0.4, 0.5) is 4.39 Å². The SMILES string of the molecule is O=C(C(=O)N1CCN(C(=O)c2cnc(-c3ccccc3F)s2)CC1)N1CCCC1. The second-order valence-corrected chi connectivity index (χ2v) is 8.12. The Morgan fingerprint density at radius 3 is 2.10 bits per heavy atom. The summed E-state index contributed by atoms with van der Waals surface area (Å²) in [7, 11) is 0. The molecule has 7 nitrogen and oxygen atoms in total. The molecule has 3 amide bonds. The summed E-state index contributed by atoms with van der Waals surface area (Å²) in [5.41, 5.74) is 0.368. The van der Waals surface area contributed by atoms with Crippen LogP contribution >= 0.6 is 11.3 Å². The van der Waals surface area contributed by atoms with E-state index in [4.69, 9.17) is 0 Å². The minimum atomic E-state index is -0.487. The van der Waals surface area contributed by atoms with Gasteiger partial charge in [-0.15, -0.1) is 11.3 Å². The number of amides is 3. The summed E-state index contributed by atoms with van der Waals surface area (Å²) >= 11 is 1.15. The van der Waals surface area contributed by atoms with Gasteiger partial charge in [0.25, 0.3) is 5.91 Å². The van der Waals surface area contributed by atoms with E-state index in [1.807, 2.05) is 0 Å². The van der Waals surface area contributed by atoms with Crippen molar-refractivity contribution >= 4 is 29.1 Å². The summed E-state index contributed by atoms with van der Waals surface area (Å²) < 4.78 is 13.9. The van der Waals surface area contributed by atoms with Gasteiger partial charge in [-0.1, -0.05) is 12.1 Å². The van der Waals surface area contributed by atoms with Crippen LogP contribution in [0, 0.1) is 5.82 Å². The van der Waals surface area contributed by atoms with Gasteiger partial charge in [-0.2, -0.15) is 0 Å². The number of aromatic nitrogens is 1. The van der Waals surface area contributed by atoms with Crippen molar-refractivity contribution in [3.8, 4) is 10.6 Å². The van der Waals surface area contributed by atoms with E-state index < -0.39 is 11.8 Å². The largest absolute Gasteiger partial charge is 0.334 e. The van der Waals surface area contributed by atoms with E-state index in [2.05, 4.69) is 4.98 Å². The Bertz CT molecular complexity index is 933. The second-order valence-electron chi connectivity index (χ2n) is 7.09. The van der Waals surface area contributed by atoms with Crippen LogP contribution in [0.2, 0.25) is 0 Å². The molecule has 0 spiro atoms. The van der Waals surface area contributed by atoms with Crippen LogP contribution in [-0.4, -0.2) is 76.7 Å². The van der Waals surface area contributed by atoms with Crippen molar-refractivity contribution in [3.63, 3.8) is 0 Å². The lowest BCUT2D eigenvalue weighted by Gasteiger charge is -2.34. The van der Waals surface area contributed by atoms with Gasteiger partial charge in [0.2, 0.25) is 0 Å². The highest BCUT2D eigenvalue weighted by atomic mass is 32.1. The Kier molecular flexibility index (Phi) is 5.57. The van der Waals surface area contributed by atoms with Crippen molar-refractivity contribution in [3.05, 3.63) is 41.2 Å². The first-order valence-corrected chi connectivity index (χ1v) is 10.4. The fraction of sp³-hybridized carbons (Fsp3) is 0.400. The maximum absolute atomic E-state index is 13.9. The Balaban J connectivity index is 1.36. The average molecular weight is 416 g/mol. The molecule has 1 aromatic heterocycles. The molecule has 152 valence electrons. The summed E-state index contributed by atoms with van der Waals surface area (Å²) in [4.78, 5) is 46.8. The fourth-order valence-electron chi connectivity index (χ4n) is 3.59. The molecular formula is C20H21FN4O3S. The van der Waals surface area contributed by atoms with Crippen molar-refractivity contribution < 1.29 is 18.8 Å². The lowest BCUT2D eigenvalue weighted by Crippen LogP contribution is -2.54. The molecule has 0 saturated carbocycles. The number of rotatable bonds is 2. The zero-order valence-corrected chi connectivity index (χ0v) is 16.7. The molecule has 0 aliphatic carbocycles. The number of piperazine rings is 1. The lowest BCUT2D eigenvalue weighted by molar-refractivity contribution is -0.152. The summed E-state index contributed by atoms with van der Waals surface area (Å²) in [6, 6.07) is 6.32. The van der Waals surface area contributed by atoms with Crippen LogP contribution in [0.5, 0.6) is 0 Å². The molecule has 9 heteroatoms. The van der Waals surface area contributed by atoms with Gasteiger partial charge in [-0.3, -0.25) is 14.4 Å². The van der Waals surface area contributed by atoms with Crippen LogP contribution in [0.3, 0.4) is 0 Å². The first-order valence-electron chi connectivity index (χ1n) is 9.63. The highest BCUT2D eigenvalue weighted by Gasteiger charge is 2.32. The number of carbonyl (C=O) groups is 3. The van der Waals surface area contributed by atoms with Crippen LogP contribution in [-0.2, 0) is 9.59 Å². The van der Waals surface area contributed by atoms with Crippen molar-refractivity contribution in [1.29, 1.82) is 0 Å². The highest BCUT2D eigenvalue weighted by molar-refractivity contribution is 7.16. The standard InChI is InChI=1S/C20H21FN4O3S/c21-15-6-2-1-5-14(15)17-22-13-16(29-17)18(26)24-9-11-25(12-10-24)20(28)19(27)23-7-3-4-8-23/h1-2,5-6,13H,3-4,7-12H2. The van der Waals surface area contributed by atoms with Crippen LogP contribution in [0.1, 0.15) is 22.5 Å². The summed E-state index contributed by atoms with van der Waals surface area (Å²) in [5.74, 6) is -1.50. The maximum atomic E-state index is 13.9. The molecule has 2 aromatic rings. The Morgan fingerprint density at radius 1 is 0.862 bits per heavy atom. The molecule has 2 fully saturated rings. The van der Waals surface area contributed by atoms with Crippen LogP contribution in [0.25, 0.3) is 10.6 Å². The molecule has 1 aromatic carbocycles. The number of halogens is 1. The Labute approximate surface area is 171 Å². The lowest BCUT2D eigenvalue weighted by atomic mass is 10.2. The number of carbonyl (C=O) groups excluding carboxylic acids is 3. The molecule has 29 heavy (non-hydrogen) atoms. The van der Waals surface area contributed by atoms with Crippen LogP contribution in [0.15, 0.2) is 30.5 Å². The Hall–Kier alpha value is -2.81. The molecule has 3 heterocycles. The molecule has 2 aliphatic rings. The van der Waals surface area contributed by atoms with Gasteiger partial charge >= 0.3 is 11.8 Å². The highest BCUT2D eigenvalue weighted by Crippen LogP contribution is 2.28. The van der Waals surface area contributed by atoms with Crippen molar-refractivity contribution in [2.45, 2.75) is 12.8 Å². The van der Waals surface area contributed by atoms with Crippen molar-refractivity contribution in [1.82, 2.24) is 19.7 Å². The number of likely N-dealkylation sites (tertiary alicyclic amines) is 1. The normalized spacial score (nSPS) is 16.9. The number of benzene rings is 1. The first-order chi connectivity index (χ1) is 14.0. The average Bonchev–Trinajstić information content (AvgIpc) is 3.45. The van der Waals surface area contributed by atoms with Crippen LogP contribution < -0.4 is 0 Å². The monoisotopic (exact) mass is 416 g/mol. The molecule has 2 aliphatic heterocycles. The smallest absolute Gasteiger partial charge is 0.312 e. The maximum Gasteiger partial charge on any atom is 0.312 e. The number of hydrogen-bond donors (Lipinski definition) is 0. The van der Waals surface area contributed by atoms with Crippen molar-refractivity contribution in [2.24, 2.45) is 0 Å². The molecule has 4 rings (SSSR count). The third-order valence-electron chi connectivity index (χ3n) is 5.25. The van der Waals surface area contributed by atoms with Gasteiger partial charge in [-0.25, -0.2) is 9.37 Å². The topological polar surface area (TPSA) is 73.8 Å². The summed E-state index contributed by atoms with van der Waals surface area (Å²) in [5, 5.41) is 0.455. The van der Waals surface area contributed by atoms with E-state index in [-0.39, 0.29) is 11.7 Å². The van der Waals surface area contributed by atoms with Gasteiger partial charge in [-0.05, 0) is 25.0 Å². The number of nitrogens with zero attached hydrogens (tertiary/aromatic N) is 4. The predicted octanol–water partition coefficient (Wildman–Crippen LogP) is 1.86. The fourth-order valence-corrected chi connectivity index (χ4v) is 4.50. The molecule has 2 saturated heterocycles. The summed E-state index contributed by atoms with van der Waals surface area (Å²) in [6.45, 7) is 2.62. The molecule has 0 atom stereocenters. The number of thiazole rings is 1. The molecule has 0 unspecified atom stereocenters. The first kappa shape index (κ1) is 19.5. The second kappa shape index (κ2) is 8.28. The zero-order chi connectivity index (χ0) is 20.4. The Morgan fingerprint density at radius 2 is 1.45 bits per heavy atom. The third kappa shape index (κ3) is 4.00. The van der Waals surface area contributed by atoms with E-state index in [0.29, 0.717) is 54.7 Å². The van der Waals surface area contributed by atoms with Crippen molar-refractivity contribution in [2.75, 3.05) is 39.3 Å². The molecule has 0 radical (unpaired) electrons. The molecule has 0 bridgehead atoms. The zero-order valence-electron chi connectivity index (χ0n) is 15.8. The van der Waals surface area contributed by atoms with Gasteiger partial charge in [0.1, 0.15) is 15.7 Å². The minimum absolute atomic E-state index is 0.192. The van der Waals surface area contributed by atoms with E-state index in [9.17, 15) is 18.8 Å². The molecular weight excluding hydrogens is 395 g/mol. The quantitative estimate of drug-likeness (QED) is 0.701. The van der Waals surface area contributed by atoms with Gasteiger partial charge in [0.05, 0.1) is 6.20 Å². The molecule has 0 N–H and O–H groups in total. The predicted molar refractivity (Wildman–Crippen MR) is 106 cm³/mol. The van der Waals surface area contributed by atoms with Gasteiger partial charge in [0.15, 0.2) is 0 Å². The van der Waals surface area contributed by atoms with Gasteiger partial charge < -0.3 is 14.7 Å². The summed E-state index contributed by atoms with van der Waals surface area (Å²) in [6.07, 6.45) is 3.33. The van der Waals surface area contributed by atoms with E-state index in [1.54, 1.807) is 28.0 Å².